The van der Waals surface area contributed by atoms with Crippen molar-refractivity contribution < 1.29 is 13.3 Å². The van der Waals surface area contributed by atoms with Gasteiger partial charge in [0.25, 0.3) is 0 Å². The predicted octanol–water partition coefficient (Wildman–Crippen LogP) is 0.552. The van der Waals surface area contributed by atoms with Gasteiger partial charge in [0.2, 0.25) is 11.5 Å². The van der Waals surface area contributed by atoms with E-state index in [4.69, 9.17) is 0 Å². The SMILES string of the molecule is O=[N+]([O-])c1c(N2CCN(C3CCS(=O)(=O)C3)CC2)nc2ccccn12. The lowest BCUT2D eigenvalue weighted by atomic mass is 10.2. The lowest BCUT2D eigenvalue weighted by Gasteiger charge is -2.37. The van der Waals surface area contributed by atoms with E-state index < -0.39 is 14.8 Å². The summed E-state index contributed by atoms with van der Waals surface area (Å²) >= 11 is 0. The molecule has 10 heteroatoms. The van der Waals surface area contributed by atoms with Crippen molar-refractivity contribution in [2.75, 3.05) is 42.6 Å². The fourth-order valence-corrected chi connectivity index (χ4v) is 5.48. The number of imidazole rings is 1. The second kappa shape index (κ2) is 5.95. The summed E-state index contributed by atoms with van der Waals surface area (Å²) in [6.45, 7) is 2.57. The van der Waals surface area contributed by atoms with E-state index in [1.807, 2.05) is 4.90 Å². The number of piperazine rings is 1. The first-order valence-corrected chi connectivity index (χ1v) is 10.1. The van der Waals surface area contributed by atoms with Crippen LogP contribution in [0, 0.1) is 10.1 Å². The first-order chi connectivity index (χ1) is 11.9. The second-order valence-corrected chi connectivity index (χ2v) is 8.75. The molecule has 2 aromatic rings. The first-order valence-electron chi connectivity index (χ1n) is 8.25. The Morgan fingerprint density at radius 1 is 1.20 bits per heavy atom. The third kappa shape index (κ3) is 2.95. The zero-order valence-corrected chi connectivity index (χ0v) is 14.4. The fraction of sp³-hybridized carbons (Fsp3) is 0.533. The number of anilines is 1. The molecule has 0 amide bonds. The first kappa shape index (κ1) is 16.3. The van der Waals surface area contributed by atoms with E-state index in [1.165, 1.54) is 4.40 Å². The van der Waals surface area contributed by atoms with Crippen molar-refractivity contribution in [3.8, 4) is 0 Å². The molecule has 25 heavy (non-hydrogen) atoms. The van der Waals surface area contributed by atoms with Gasteiger partial charge in [-0.25, -0.2) is 8.42 Å². The number of nitrogens with zero attached hydrogens (tertiary/aromatic N) is 5. The molecule has 2 fully saturated rings. The number of rotatable bonds is 3. The van der Waals surface area contributed by atoms with Gasteiger partial charge in [0.1, 0.15) is 0 Å². The van der Waals surface area contributed by atoms with Crippen molar-refractivity contribution in [3.63, 3.8) is 0 Å². The summed E-state index contributed by atoms with van der Waals surface area (Å²) in [5, 5.41) is 11.5. The molecule has 2 saturated heterocycles. The summed E-state index contributed by atoms with van der Waals surface area (Å²) in [5.41, 5.74) is 0.550. The van der Waals surface area contributed by atoms with E-state index in [1.54, 1.807) is 24.4 Å². The lowest BCUT2D eigenvalue weighted by molar-refractivity contribution is -0.389. The second-order valence-electron chi connectivity index (χ2n) is 6.52. The molecule has 2 aliphatic rings. The molecule has 4 rings (SSSR count). The normalized spacial score (nSPS) is 24.0. The molecule has 1 unspecified atom stereocenters. The van der Waals surface area contributed by atoms with Gasteiger partial charge in [0, 0.05) is 38.3 Å². The topological polar surface area (TPSA) is 101 Å². The molecule has 2 aliphatic heterocycles. The highest BCUT2D eigenvalue weighted by molar-refractivity contribution is 7.91. The van der Waals surface area contributed by atoms with E-state index in [9.17, 15) is 18.5 Å². The zero-order valence-electron chi connectivity index (χ0n) is 13.6. The summed E-state index contributed by atoms with van der Waals surface area (Å²) in [4.78, 5) is 19.7. The standard InChI is InChI=1S/C15H19N5O4S/c21-20(22)15-14(16-13-3-1-2-5-19(13)15)18-8-6-17(7-9-18)12-4-10-25(23,24)11-12/h1-3,5,12H,4,6-11H2. The Hall–Kier alpha value is -2.20. The molecule has 134 valence electrons. The lowest BCUT2D eigenvalue weighted by Crippen LogP contribution is -2.51. The van der Waals surface area contributed by atoms with Crippen LogP contribution in [-0.2, 0) is 9.84 Å². The van der Waals surface area contributed by atoms with E-state index in [2.05, 4.69) is 9.88 Å². The number of fused-ring (bicyclic) bond motifs is 1. The van der Waals surface area contributed by atoms with E-state index in [0.29, 0.717) is 44.1 Å². The summed E-state index contributed by atoms with van der Waals surface area (Å²) in [5.74, 6) is 0.847. The zero-order chi connectivity index (χ0) is 17.6. The average molecular weight is 365 g/mol. The monoisotopic (exact) mass is 365 g/mol. The summed E-state index contributed by atoms with van der Waals surface area (Å²) in [6, 6.07) is 5.36. The van der Waals surface area contributed by atoms with E-state index in [0.717, 1.165) is 0 Å². The molecule has 0 bridgehead atoms. The molecule has 0 spiro atoms. The van der Waals surface area contributed by atoms with Crippen LogP contribution in [0.25, 0.3) is 5.65 Å². The van der Waals surface area contributed by atoms with Crippen molar-refractivity contribution in [1.29, 1.82) is 0 Å². The van der Waals surface area contributed by atoms with Gasteiger partial charge in [-0.2, -0.15) is 9.38 Å². The quantitative estimate of drug-likeness (QED) is 0.578. The minimum Gasteiger partial charge on any atom is -0.358 e. The molecule has 9 nitrogen and oxygen atoms in total. The molecule has 0 radical (unpaired) electrons. The Balaban J connectivity index is 1.54. The van der Waals surface area contributed by atoms with Crippen molar-refractivity contribution in [3.05, 3.63) is 34.5 Å². The molecule has 4 heterocycles. The Bertz CT molecular complexity index is 917. The van der Waals surface area contributed by atoms with Crippen molar-refractivity contribution in [2.45, 2.75) is 12.5 Å². The largest absolute Gasteiger partial charge is 0.372 e. The third-order valence-corrected chi connectivity index (χ3v) is 6.75. The highest BCUT2D eigenvalue weighted by Gasteiger charge is 2.35. The number of nitro groups is 1. The number of pyridine rings is 1. The maximum atomic E-state index is 11.7. The molecule has 0 N–H and O–H groups in total. The van der Waals surface area contributed by atoms with Gasteiger partial charge in [-0.3, -0.25) is 4.90 Å². The third-order valence-electron chi connectivity index (χ3n) is 5.00. The van der Waals surface area contributed by atoms with Gasteiger partial charge >= 0.3 is 5.82 Å². The van der Waals surface area contributed by atoms with Gasteiger partial charge in [-0.1, -0.05) is 6.07 Å². The highest BCUT2D eigenvalue weighted by atomic mass is 32.2. The molecule has 1 atom stereocenters. The Labute approximate surface area is 144 Å². The maximum absolute atomic E-state index is 11.7. The van der Waals surface area contributed by atoms with E-state index in [-0.39, 0.29) is 23.4 Å². The Morgan fingerprint density at radius 3 is 2.60 bits per heavy atom. The van der Waals surface area contributed by atoms with Crippen LogP contribution in [-0.4, -0.2) is 71.4 Å². The molecule has 2 aromatic heterocycles. The van der Waals surface area contributed by atoms with Crippen molar-refractivity contribution in [1.82, 2.24) is 14.3 Å². The molecule has 0 saturated carbocycles. The maximum Gasteiger partial charge on any atom is 0.372 e. The predicted molar refractivity (Wildman–Crippen MR) is 92.7 cm³/mol. The average Bonchev–Trinajstić information content (AvgIpc) is 3.15. The van der Waals surface area contributed by atoms with Crippen LogP contribution in [0.1, 0.15) is 6.42 Å². The van der Waals surface area contributed by atoms with Crippen LogP contribution in [0.3, 0.4) is 0 Å². The van der Waals surface area contributed by atoms with Crippen LogP contribution in [0.4, 0.5) is 11.6 Å². The summed E-state index contributed by atoms with van der Waals surface area (Å²) in [7, 11) is -2.91. The van der Waals surface area contributed by atoms with Gasteiger partial charge < -0.3 is 15.0 Å². The van der Waals surface area contributed by atoms with Crippen LogP contribution in [0.5, 0.6) is 0 Å². The van der Waals surface area contributed by atoms with Crippen LogP contribution >= 0.6 is 0 Å². The number of aromatic nitrogens is 2. The Morgan fingerprint density at radius 2 is 1.96 bits per heavy atom. The van der Waals surface area contributed by atoms with Gasteiger partial charge in [-0.05, 0) is 17.4 Å². The molecular formula is C15H19N5O4S. The Kier molecular flexibility index (Phi) is 3.88. The molecular weight excluding hydrogens is 346 g/mol. The van der Waals surface area contributed by atoms with Gasteiger partial charge in [0.05, 0.1) is 17.7 Å². The minimum atomic E-state index is -2.91. The van der Waals surface area contributed by atoms with Gasteiger partial charge in [-0.15, -0.1) is 0 Å². The van der Waals surface area contributed by atoms with Crippen molar-refractivity contribution in [2.24, 2.45) is 0 Å². The summed E-state index contributed by atoms with van der Waals surface area (Å²) in [6.07, 6.45) is 2.32. The van der Waals surface area contributed by atoms with E-state index >= 15 is 0 Å². The minimum absolute atomic E-state index is 0.0208. The molecule has 0 aliphatic carbocycles. The summed E-state index contributed by atoms with van der Waals surface area (Å²) < 4.78 is 24.8. The van der Waals surface area contributed by atoms with Crippen LogP contribution < -0.4 is 4.90 Å². The highest BCUT2D eigenvalue weighted by Crippen LogP contribution is 2.30. The molecule has 0 aromatic carbocycles. The van der Waals surface area contributed by atoms with Crippen LogP contribution in [0.2, 0.25) is 0 Å². The fourth-order valence-electron chi connectivity index (χ4n) is 3.71. The number of hydrogen-bond acceptors (Lipinski definition) is 7. The van der Waals surface area contributed by atoms with Crippen LogP contribution in [0.15, 0.2) is 24.4 Å². The van der Waals surface area contributed by atoms with Gasteiger partial charge in [0.15, 0.2) is 9.84 Å². The smallest absolute Gasteiger partial charge is 0.358 e. The number of sulfone groups is 1. The number of hydrogen-bond donors (Lipinski definition) is 0. The van der Waals surface area contributed by atoms with Crippen molar-refractivity contribution >= 4 is 27.1 Å².